The summed E-state index contributed by atoms with van der Waals surface area (Å²) in [7, 11) is 0. The third-order valence-electron chi connectivity index (χ3n) is 5.56. The highest BCUT2D eigenvalue weighted by molar-refractivity contribution is 6.00. The van der Waals surface area contributed by atoms with E-state index in [0.29, 0.717) is 38.6 Å². The zero-order chi connectivity index (χ0) is 22.2. The van der Waals surface area contributed by atoms with Gasteiger partial charge in [0.2, 0.25) is 5.91 Å². The van der Waals surface area contributed by atoms with Crippen LogP contribution in [0, 0.1) is 0 Å². The zero-order valence-corrected chi connectivity index (χ0v) is 17.4. The van der Waals surface area contributed by atoms with Crippen LogP contribution >= 0.6 is 0 Å². The number of fused-ring (bicyclic) bond motifs is 1. The SMILES string of the molecule is O=C(O)CCCCN1C(=O)C(NC(CCc2ccccc2)C(=O)O)Cc2ccccc21. The molecule has 0 radical (unpaired) electrons. The van der Waals surface area contributed by atoms with Gasteiger partial charge in [-0.2, -0.15) is 0 Å². The summed E-state index contributed by atoms with van der Waals surface area (Å²) in [6.07, 6.45) is 2.51. The fourth-order valence-corrected chi connectivity index (χ4v) is 3.94. The van der Waals surface area contributed by atoms with Gasteiger partial charge in [-0.05, 0) is 49.3 Å². The molecule has 7 heteroatoms. The van der Waals surface area contributed by atoms with Gasteiger partial charge in [-0.3, -0.25) is 19.7 Å². The number of nitrogens with zero attached hydrogens (tertiary/aromatic N) is 1. The molecule has 0 saturated heterocycles. The summed E-state index contributed by atoms with van der Waals surface area (Å²) in [4.78, 5) is 37.5. The number of carboxylic acids is 2. The molecule has 3 N–H and O–H groups in total. The molecule has 31 heavy (non-hydrogen) atoms. The highest BCUT2D eigenvalue weighted by Gasteiger charge is 2.34. The van der Waals surface area contributed by atoms with E-state index in [1.165, 1.54) is 0 Å². The van der Waals surface area contributed by atoms with Crippen molar-refractivity contribution in [3.05, 3.63) is 65.7 Å². The molecule has 1 heterocycles. The predicted molar refractivity (Wildman–Crippen MR) is 117 cm³/mol. The normalized spacial score (nSPS) is 16.6. The molecule has 0 saturated carbocycles. The lowest BCUT2D eigenvalue weighted by Crippen LogP contribution is -2.55. The van der Waals surface area contributed by atoms with Crippen molar-refractivity contribution in [1.29, 1.82) is 0 Å². The van der Waals surface area contributed by atoms with Crippen LogP contribution < -0.4 is 10.2 Å². The van der Waals surface area contributed by atoms with Crippen LogP contribution in [0.2, 0.25) is 0 Å². The molecular weight excluding hydrogens is 396 g/mol. The Morgan fingerprint density at radius 1 is 1.03 bits per heavy atom. The second-order valence-electron chi connectivity index (χ2n) is 7.81. The minimum absolute atomic E-state index is 0.0614. The topological polar surface area (TPSA) is 107 Å². The summed E-state index contributed by atoms with van der Waals surface area (Å²) in [6.45, 7) is 0.406. The van der Waals surface area contributed by atoms with Crippen LogP contribution in [-0.2, 0) is 27.2 Å². The van der Waals surface area contributed by atoms with E-state index in [-0.39, 0.29) is 12.3 Å². The lowest BCUT2D eigenvalue weighted by Gasteiger charge is -2.35. The maximum absolute atomic E-state index is 13.2. The Kier molecular flexibility index (Phi) is 7.78. The lowest BCUT2D eigenvalue weighted by atomic mass is 9.95. The summed E-state index contributed by atoms with van der Waals surface area (Å²) < 4.78 is 0. The Balaban J connectivity index is 1.69. The number of unbranched alkanes of at least 4 members (excludes halogenated alkanes) is 1. The number of benzene rings is 2. The first kappa shape index (κ1) is 22.5. The first-order valence-corrected chi connectivity index (χ1v) is 10.6. The molecule has 1 aliphatic heterocycles. The Morgan fingerprint density at radius 3 is 2.45 bits per heavy atom. The van der Waals surface area contributed by atoms with Crippen LogP contribution in [0.1, 0.15) is 36.8 Å². The Hall–Kier alpha value is -3.19. The van der Waals surface area contributed by atoms with Crippen LogP contribution in [-0.4, -0.2) is 46.7 Å². The molecule has 0 bridgehead atoms. The van der Waals surface area contributed by atoms with E-state index in [4.69, 9.17) is 5.11 Å². The molecule has 3 rings (SSSR count). The Labute approximate surface area is 181 Å². The molecule has 0 fully saturated rings. The van der Waals surface area contributed by atoms with Crippen molar-refractivity contribution in [2.75, 3.05) is 11.4 Å². The first-order chi connectivity index (χ1) is 15.0. The van der Waals surface area contributed by atoms with E-state index in [2.05, 4.69) is 5.32 Å². The van der Waals surface area contributed by atoms with Crippen molar-refractivity contribution in [2.45, 2.75) is 50.6 Å². The van der Waals surface area contributed by atoms with Crippen molar-refractivity contribution in [3.8, 4) is 0 Å². The number of carbonyl (C=O) groups excluding carboxylic acids is 1. The van der Waals surface area contributed by atoms with Crippen molar-refractivity contribution in [3.63, 3.8) is 0 Å². The number of hydrogen-bond acceptors (Lipinski definition) is 4. The number of rotatable bonds is 11. The molecule has 1 aliphatic rings. The van der Waals surface area contributed by atoms with Gasteiger partial charge in [-0.25, -0.2) is 0 Å². The third kappa shape index (κ3) is 6.15. The van der Waals surface area contributed by atoms with Gasteiger partial charge < -0.3 is 15.1 Å². The monoisotopic (exact) mass is 424 g/mol. The van der Waals surface area contributed by atoms with E-state index in [1.807, 2.05) is 54.6 Å². The summed E-state index contributed by atoms with van der Waals surface area (Å²) >= 11 is 0. The average molecular weight is 424 g/mol. The predicted octanol–water partition coefficient (Wildman–Crippen LogP) is 2.87. The van der Waals surface area contributed by atoms with Crippen LogP contribution in [0.4, 0.5) is 5.69 Å². The standard InChI is InChI=1S/C24H28N2O5/c27-22(28)12-6-7-15-26-21-11-5-4-10-18(21)16-20(23(26)29)25-19(24(30)31)14-13-17-8-2-1-3-9-17/h1-5,8-11,19-20,25H,6-7,12-16H2,(H,27,28)(H,30,31). The molecule has 2 aromatic carbocycles. The number of amides is 1. The van der Waals surface area contributed by atoms with Crippen molar-refractivity contribution in [2.24, 2.45) is 0 Å². The van der Waals surface area contributed by atoms with Gasteiger partial charge in [0, 0.05) is 18.7 Å². The number of aliphatic carboxylic acids is 2. The zero-order valence-electron chi connectivity index (χ0n) is 17.4. The van der Waals surface area contributed by atoms with Crippen molar-refractivity contribution >= 4 is 23.5 Å². The van der Waals surface area contributed by atoms with Gasteiger partial charge >= 0.3 is 11.9 Å². The molecule has 2 unspecified atom stereocenters. The van der Waals surface area contributed by atoms with Gasteiger partial charge in [-0.1, -0.05) is 48.5 Å². The van der Waals surface area contributed by atoms with Crippen molar-refractivity contribution < 1.29 is 24.6 Å². The van der Waals surface area contributed by atoms with E-state index in [0.717, 1.165) is 16.8 Å². The largest absolute Gasteiger partial charge is 0.481 e. The highest BCUT2D eigenvalue weighted by Crippen LogP contribution is 2.28. The second kappa shape index (κ2) is 10.7. The summed E-state index contributed by atoms with van der Waals surface area (Å²) in [5.74, 6) is -2.00. The van der Waals surface area contributed by atoms with Crippen LogP contribution in [0.25, 0.3) is 0 Å². The minimum Gasteiger partial charge on any atom is -0.481 e. The molecule has 0 aromatic heterocycles. The van der Waals surface area contributed by atoms with Gasteiger partial charge in [0.15, 0.2) is 0 Å². The fourth-order valence-electron chi connectivity index (χ4n) is 3.94. The summed E-state index contributed by atoms with van der Waals surface area (Å²) in [5, 5.41) is 21.6. The Morgan fingerprint density at radius 2 is 1.74 bits per heavy atom. The number of hydrogen-bond donors (Lipinski definition) is 3. The molecule has 0 spiro atoms. The maximum Gasteiger partial charge on any atom is 0.320 e. The highest BCUT2D eigenvalue weighted by atomic mass is 16.4. The van der Waals surface area contributed by atoms with Gasteiger partial charge in [0.1, 0.15) is 6.04 Å². The molecule has 0 aliphatic carbocycles. The second-order valence-corrected chi connectivity index (χ2v) is 7.81. The van der Waals surface area contributed by atoms with Crippen LogP contribution in [0.3, 0.4) is 0 Å². The summed E-state index contributed by atoms with van der Waals surface area (Å²) in [5.41, 5.74) is 2.85. The number of anilines is 1. The number of para-hydroxylation sites is 1. The minimum atomic E-state index is -0.976. The molecule has 2 aromatic rings. The Bertz CT molecular complexity index is 915. The van der Waals surface area contributed by atoms with Gasteiger partial charge in [0.05, 0.1) is 6.04 Å². The van der Waals surface area contributed by atoms with Crippen LogP contribution in [0.15, 0.2) is 54.6 Å². The average Bonchev–Trinajstić information content (AvgIpc) is 2.76. The number of nitrogens with one attached hydrogen (secondary N) is 1. The quantitative estimate of drug-likeness (QED) is 0.479. The number of carbonyl (C=O) groups is 3. The molecule has 7 nitrogen and oxygen atoms in total. The number of aryl methyl sites for hydroxylation is 1. The van der Waals surface area contributed by atoms with E-state index < -0.39 is 24.0 Å². The fraction of sp³-hybridized carbons (Fsp3) is 0.375. The van der Waals surface area contributed by atoms with Crippen molar-refractivity contribution in [1.82, 2.24) is 5.32 Å². The third-order valence-corrected chi connectivity index (χ3v) is 5.56. The van der Waals surface area contributed by atoms with Gasteiger partial charge in [-0.15, -0.1) is 0 Å². The molecule has 164 valence electrons. The van der Waals surface area contributed by atoms with E-state index >= 15 is 0 Å². The first-order valence-electron chi connectivity index (χ1n) is 10.6. The molecular formula is C24H28N2O5. The van der Waals surface area contributed by atoms with E-state index in [9.17, 15) is 19.5 Å². The maximum atomic E-state index is 13.2. The lowest BCUT2D eigenvalue weighted by molar-refractivity contribution is -0.140. The van der Waals surface area contributed by atoms with Crippen LogP contribution in [0.5, 0.6) is 0 Å². The van der Waals surface area contributed by atoms with Gasteiger partial charge in [0.25, 0.3) is 0 Å². The summed E-state index contributed by atoms with van der Waals surface area (Å²) in [6, 6.07) is 15.8. The number of carboxylic acid groups (broad SMARTS) is 2. The molecule has 1 amide bonds. The smallest absolute Gasteiger partial charge is 0.320 e. The molecule has 2 atom stereocenters. The van der Waals surface area contributed by atoms with E-state index in [1.54, 1.807) is 4.90 Å².